The Balaban J connectivity index is 0.000000169. The van der Waals surface area contributed by atoms with E-state index in [1.54, 1.807) is 48.5 Å². The van der Waals surface area contributed by atoms with E-state index in [4.69, 9.17) is 16.4 Å². The van der Waals surface area contributed by atoms with E-state index in [9.17, 15) is 33.7 Å². The van der Waals surface area contributed by atoms with Gasteiger partial charge in [-0.2, -0.15) is 0 Å². The molecule has 0 radical (unpaired) electrons. The summed E-state index contributed by atoms with van der Waals surface area (Å²) >= 11 is 0. The molecule has 45 heavy (non-hydrogen) atoms. The molecule has 2 aliphatic heterocycles. The van der Waals surface area contributed by atoms with Crippen molar-refractivity contribution in [2.45, 2.75) is 33.4 Å². The monoisotopic (exact) mass is 706 g/mol. The molecule has 0 aliphatic carbocycles. The smallest absolute Gasteiger partial charge is 0.261 e. The van der Waals surface area contributed by atoms with Gasteiger partial charge in [-0.1, -0.05) is 47.5 Å². The lowest BCUT2D eigenvalue weighted by molar-refractivity contribution is 0.600. The van der Waals surface area contributed by atoms with Crippen molar-refractivity contribution >= 4 is 73.0 Å². The first-order chi connectivity index (χ1) is 20.9. The highest BCUT2D eigenvalue weighted by atomic mass is 35.7. The van der Waals surface area contributed by atoms with E-state index in [1.165, 1.54) is 53.9 Å². The van der Waals surface area contributed by atoms with Gasteiger partial charge in [-0.25, -0.2) is 33.7 Å². The lowest BCUT2D eigenvalue weighted by Crippen LogP contribution is -2.13. The van der Waals surface area contributed by atoms with Crippen LogP contribution in [-0.4, -0.2) is 33.7 Å². The zero-order valence-corrected chi connectivity index (χ0v) is 27.8. The number of nitrogens with one attached hydrogen (secondary N) is 1. The highest BCUT2D eigenvalue weighted by Gasteiger charge is 2.22. The molecule has 0 unspecified atom stereocenters. The highest BCUT2D eigenvalue weighted by molar-refractivity contribution is 8.13. The maximum absolute atomic E-state index is 12.3. The molecule has 3 N–H and O–H groups in total. The zero-order valence-electron chi connectivity index (χ0n) is 23.7. The number of aryl methyl sites for hydroxylation is 2. The normalized spacial score (nSPS) is 15.1. The standard InChI is InChI=1S/C15H13NO4S2.C8H7NO2S.C7H7ClO2S/c1-11-2-6-14(7-3-11)22(19,20)16-13-5-4-12-8-9-21(17,18)15(12)10-13;9-7-2-1-6-3-4-12(10,11)8(6)5-7;1-6-2-4-7(5-3-6)11(8,9)10/h2-10,16H,1H3;1-5H,9H2;2-5H,1H3. The molecule has 0 aromatic heterocycles. The van der Waals surface area contributed by atoms with Gasteiger partial charge in [0, 0.05) is 27.2 Å². The van der Waals surface area contributed by atoms with Gasteiger partial charge < -0.3 is 5.73 Å². The Hall–Kier alpha value is -3.95. The number of hydrogen-bond donors (Lipinski definition) is 2. The van der Waals surface area contributed by atoms with Crippen molar-refractivity contribution in [3.05, 3.63) is 118 Å². The van der Waals surface area contributed by atoms with Crippen LogP contribution in [-0.2, 0) is 38.7 Å². The van der Waals surface area contributed by atoms with Crippen molar-refractivity contribution in [3.8, 4) is 0 Å². The van der Waals surface area contributed by atoms with Gasteiger partial charge in [-0.3, -0.25) is 4.72 Å². The predicted octanol–water partition coefficient (Wildman–Crippen LogP) is 5.50. The van der Waals surface area contributed by atoms with Crippen LogP contribution in [0.1, 0.15) is 22.3 Å². The van der Waals surface area contributed by atoms with Crippen molar-refractivity contribution < 1.29 is 33.7 Å². The number of sulfonamides is 1. The quantitative estimate of drug-likeness (QED) is 0.205. The lowest BCUT2D eigenvalue weighted by Gasteiger charge is -2.09. The van der Waals surface area contributed by atoms with Gasteiger partial charge in [-0.05, 0) is 85.7 Å². The number of nitrogens with two attached hydrogens (primary N) is 1. The molecule has 0 fully saturated rings. The van der Waals surface area contributed by atoms with E-state index in [0.717, 1.165) is 16.5 Å². The van der Waals surface area contributed by atoms with Crippen LogP contribution in [0.25, 0.3) is 12.2 Å². The average Bonchev–Trinajstić information content (AvgIpc) is 3.43. The van der Waals surface area contributed by atoms with Crippen LogP contribution in [0.2, 0.25) is 0 Å². The van der Waals surface area contributed by atoms with Gasteiger partial charge in [0.2, 0.25) is 19.7 Å². The number of sulfone groups is 2. The molecule has 2 heterocycles. The van der Waals surface area contributed by atoms with E-state index >= 15 is 0 Å². The summed E-state index contributed by atoms with van der Waals surface area (Å²) in [6.07, 6.45) is 3.06. The van der Waals surface area contributed by atoms with Crippen LogP contribution in [0, 0.1) is 13.8 Å². The first-order valence-electron chi connectivity index (χ1n) is 12.9. The third-order valence-corrected chi connectivity index (χ3v) is 12.1. The van der Waals surface area contributed by atoms with Gasteiger partial charge in [0.15, 0.2) is 0 Å². The number of nitrogen functional groups attached to an aromatic ring is 1. The number of hydrogen-bond acceptors (Lipinski definition) is 9. The summed E-state index contributed by atoms with van der Waals surface area (Å²) in [4.78, 5) is 0.684. The van der Waals surface area contributed by atoms with Crippen LogP contribution < -0.4 is 10.5 Å². The molecule has 4 aromatic rings. The van der Waals surface area contributed by atoms with Gasteiger partial charge in [-0.15, -0.1) is 0 Å². The van der Waals surface area contributed by atoms with Crippen molar-refractivity contribution in [3.63, 3.8) is 0 Å². The van der Waals surface area contributed by atoms with Crippen LogP contribution in [0.4, 0.5) is 11.4 Å². The molecule has 0 saturated heterocycles. The molecule has 6 rings (SSSR count). The Kier molecular flexibility index (Phi) is 9.66. The van der Waals surface area contributed by atoms with Crippen molar-refractivity contribution in [1.29, 1.82) is 0 Å². The van der Waals surface area contributed by atoms with Crippen LogP contribution in [0.15, 0.2) is 115 Å². The summed E-state index contributed by atoms with van der Waals surface area (Å²) in [5.41, 5.74) is 9.37. The minimum absolute atomic E-state index is 0.108. The minimum atomic E-state index is -3.75. The zero-order chi connectivity index (χ0) is 33.2. The van der Waals surface area contributed by atoms with E-state index in [0.29, 0.717) is 21.7 Å². The molecule has 236 valence electrons. The third-order valence-electron chi connectivity index (χ3n) is 6.40. The van der Waals surface area contributed by atoms with Crippen LogP contribution in [0.3, 0.4) is 0 Å². The summed E-state index contributed by atoms with van der Waals surface area (Å²) in [7, 11) is -8.87. The maximum atomic E-state index is 12.3. The predicted molar refractivity (Wildman–Crippen MR) is 176 cm³/mol. The highest BCUT2D eigenvalue weighted by Crippen LogP contribution is 2.30. The lowest BCUT2D eigenvalue weighted by atomic mass is 10.2. The summed E-state index contributed by atoms with van der Waals surface area (Å²) in [5, 5.41) is 2.30. The van der Waals surface area contributed by atoms with Gasteiger partial charge in [0.05, 0.1) is 25.3 Å². The number of benzene rings is 4. The van der Waals surface area contributed by atoms with E-state index in [2.05, 4.69) is 4.72 Å². The SMILES string of the molecule is Cc1ccc(S(=O)(=O)Cl)cc1.Cc1ccc(S(=O)(=O)Nc2ccc3c(c2)S(=O)(=O)C=C3)cc1.Nc1ccc2c(c1)S(=O)(=O)C=C2. The number of fused-ring (bicyclic) bond motifs is 2. The Bertz CT molecular complexity index is 2260. The van der Waals surface area contributed by atoms with Crippen LogP contribution in [0.5, 0.6) is 0 Å². The molecule has 0 spiro atoms. The first kappa shape index (κ1) is 33.9. The average molecular weight is 707 g/mol. The molecule has 0 bridgehead atoms. The fourth-order valence-electron chi connectivity index (χ4n) is 4.02. The first-order valence-corrected chi connectivity index (χ1v) is 19.8. The Morgan fingerprint density at radius 3 is 1.56 bits per heavy atom. The Labute approximate surface area is 267 Å². The fraction of sp³-hybridized carbons (Fsp3) is 0.0667. The molecule has 10 nitrogen and oxygen atoms in total. The number of anilines is 2. The van der Waals surface area contributed by atoms with E-state index in [-0.39, 0.29) is 20.4 Å². The second kappa shape index (κ2) is 12.8. The third kappa shape index (κ3) is 8.41. The molecular weight excluding hydrogens is 680 g/mol. The molecule has 0 amide bonds. The van der Waals surface area contributed by atoms with E-state index in [1.807, 2.05) is 13.8 Å². The number of rotatable bonds is 4. The Morgan fingerprint density at radius 1 is 0.622 bits per heavy atom. The summed E-state index contributed by atoms with van der Waals surface area (Å²) < 4.78 is 94.6. The van der Waals surface area contributed by atoms with Gasteiger partial charge in [0.25, 0.3) is 19.1 Å². The molecule has 2 aliphatic rings. The van der Waals surface area contributed by atoms with Crippen molar-refractivity contribution in [2.75, 3.05) is 10.5 Å². The largest absolute Gasteiger partial charge is 0.399 e. The van der Waals surface area contributed by atoms with Gasteiger partial charge >= 0.3 is 0 Å². The summed E-state index contributed by atoms with van der Waals surface area (Å²) in [5.74, 6) is 0. The molecule has 15 heteroatoms. The van der Waals surface area contributed by atoms with E-state index < -0.39 is 38.7 Å². The summed E-state index contributed by atoms with van der Waals surface area (Å²) in [6, 6.07) is 22.1. The maximum Gasteiger partial charge on any atom is 0.261 e. The fourth-order valence-corrected chi connectivity index (χ4v) is 8.31. The second-order valence-electron chi connectivity index (χ2n) is 9.91. The van der Waals surface area contributed by atoms with Crippen LogP contribution >= 0.6 is 10.7 Å². The number of halogens is 1. The summed E-state index contributed by atoms with van der Waals surface area (Å²) in [6.45, 7) is 3.74. The van der Waals surface area contributed by atoms with Crippen molar-refractivity contribution in [2.24, 2.45) is 0 Å². The molecular formula is C30H27ClN2O8S4. The van der Waals surface area contributed by atoms with Crippen molar-refractivity contribution in [1.82, 2.24) is 0 Å². The van der Waals surface area contributed by atoms with Gasteiger partial charge in [0.1, 0.15) is 0 Å². The molecule has 0 atom stereocenters. The topological polar surface area (TPSA) is 175 Å². The Morgan fingerprint density at radius 2 is 1.07 bits per heavy atom. The molecule has 0 saturated carbocycles. The second-order valence-corrected chi connectivity index (χ2v) is 17.8. The molecule has 4 aromatic carbocycles. The minimum Gasteiger partial charge on any atom is -0.399 e.